The first-order chi connectivity index (χ1) is 8.04. The predicted molar refractivity (Wildman–Crippen MR) is 60.1 cm³/mol. The zero-order valence-electron chi connectivity index (χ0n) is 10.2. The molecule has 0 amide bonds. The molecule has 1 aromatic heterocycles. The van der Waals surface area contributed by atoms with Gasteiger partial charge in [0.2, 0.25) is 5.89 Å². The van der Waals surface area contributed by atoms with E-state index in [0.29, 0.717) is 37.3 Å². The Hall–Kier alpha value is -0.980. The summed E-state index contributed by atoms with van der Waals surface area (Å²) in [5, 5.41) is 22.7. The molecule has 1 fully saturated rings. The first-order valence-corrected chi connectivity index (χ1v) is 5.94. The Morgan fingerprint density at radius 2 is 2.00 bits per heavy atom. The van der Waals surface area contributed by atoms with Crippen LogP contribution in [0.5, 0.6) is 0 Å². The Balaban J connectivity index is 1.89. The number of aliphatic hydroxyl groups is 2. The zero-order valence-corrected chi connectivity index (χ0v) is 10.2. The van der Waals surface area contributed by atoms with Crippen molar-refractivity contribution in [1.29, 1.82) is 0 Å². The van der Waals surface area contributed by atoms with E-state index in [-0.39, 0.29) is 0 Å². The molecule has 2 N–H and O–H groups in total. The molecule has 0 radical (unpaired) electrons. The lowest BCUT2D eigenvalue weighted by Crippen LogP contribution is -2.22. The molecule has 96 valence electrons. The van der Waals surface area contributed by atoms with Crippen molar-refractivity contribution in [2.24, 2.45) is 5.92 Å². The van der Waals surface area contributed by atoms with Gasteiger partial charge in [0.15, 0.2) is 5.82 Å². The summed E-state index contributed by atoms with van der Waals surface area (Å²) in [6, 6.07) is 0. The molecule has 0 spiro atoms. The van der Waals surface area contributed by atoms with Crippen LogP contribution < -0.4 is 0 Å². The van der Waals surface area contributed by atoms with E-state index in [2.05, 4.69) is 24.0 Å². The van der Waals surface area contributed by atoms with Gasteiger partial charge in [0, 0.05) is 19.5 Å². The third-order valence-electron chi connectivity index (χ3n) is 2.79. The minimum atomic E-state index is -0.669. The summed E-state index contributed by atoms with van der Waals surface area (Å²) in [6.45, 7) is 5.61. The normalized spacial score (nSPS) is 25.9. The van der Waals surface area contributed by atoms with Crippen molar-refractivity contribution in [1.82, 2.24) is 15.0 Å². The van der Waals surface area contributed by atoms with Gasteiger partial charge in [-0.1, -0.05) is 19.0 Å². The number of likely N-dealkylation sites (tertiary alicyclic amines) is 1. The highest BCUT2D eigenvalue weighted by Crippen LogP contribution is 2.13. The number of β-amino-alcohol motifs (C(OH)–C–C–N with tert-alkyl or cyclic N) is 2. The van der Waals surface area contributed by atoms with Crippen molar-refractivity contribution in [2.75, 3.05) is 13.1 Å². The summed E-state index contributed by atoms with van der Waals surface area (Å²) in [6.07, 6.45) is -0.563. The van der Waals surface area contributed by atoms with Crippen LogP contribution in [0.4, 0.5) is 0 Å². The minimum Gasteiger partial charge on any atom is -0.389 e. The molecular formula is C11H19N3O3. The molecule has 0 bridgehead atoms. The van der Waals surface area contributed by atoms with Crippen LogP contribution in [0, 0.1) is 5.92 Å². The van der Waals surface area contributed by atoms with Crippen molar-refractivity contribution >= 4 is 0 Å². The van der Waals surface area contributed by atoms with Gasteiger partial charge in [0.25, 0.3) is 0 Å². The van der Waals surface area contributed by atoms with Gasteiger partial charge in [-0.15, -0.1) is 0 Å². The molecule has 6 nitrogen and oxygen atoms in total. The molecule has 0 aliphatic carbocycles. The van der Waals surface area contributed by atoms with Crippen LogP contribution in [0.25, 0.3) is 0 Å². The second-order valence-electron chi connectivity index (χ2n) is 5.03. The molecule has 0 saturated carbocycles. The molecule has 2 heterocycles. The van der Waals surface area contributed by atoms with Crippen LogP contribution in [0.15, 0.2) is 4.52 Å². The molecule has 17 heavy (non-hydrogen) atoms. The van der Waals surface area contributed by atoms with Crippen LogP contribution in [0.1, 0.15) is 25.6 Å². The lowest BCUT2D eigenvalue weighted by Gasteiger charge is -2.10. The van der Waals surface area contributed by atoms with E-state index < -0.39 is 12.2 Å². The first-order valence-electron chi connectivity index (χ1n) is 5.94. The number of hydrogen-bond acceptors (Lipinski definition) is 6. The molecule has 2 unspecified atom stereocenters. The first kappa shape index (κ1) is 12.5. The van der Waals surface area contributed by atoms with Crippen LogP contribution in [-0.4, -0.2) is 50.6 Å². The highest BCUT2D eigenvalue weighted by atomic mass is 16.5. The van der Waals surface area contributed by atoms with Gasteiger partial charge in [0.1, 0.15) is 0 Å². The Labute approximate surface area is 100 Å². The van der Waals surface area contributed by atoms with Crippen molar-refractivity contribution in [3.8, 4) is 0 Å². The highest BCUT2D eigenvalue weighted by Gasteiger charge is 2.30. The number of aliphatic hydroxyl groups excluding tert-OH is 2. The number of hydrogen-bond donors (Lipinski definition) is 2. The van der Waals surface area contributed by atoms with E-state index in [1.165, 1.54) is 0 Å². The fourth-order valence-corrected chi connectivity index (χ4v) is 1.96. The maximum absolute atomic E-state index is 9.41. The third-order valence-corrected chi connectivity index (χ3v) is 2.79. The van der Waals surface area contributed by atoms with Crippen LogP contribution in [0.3, 0.4) is 0 Å². The van der Waals surface area contributed by atoms with Crippen molar-refractivity contribution < 1.29 is 14.7 Å². The molecule has 1 aromatic rings. The van der Waals surface area contributed by atoms with E-state index in [1.54, 1.807) is 0 Å². The molecule has 0 aromatic carbocycles. The number of nitrogens with zero attached hydrogens (tertiary/aromatic N) is 3. The number of aromatic nitrogens is 2. The van der Waals surface area contributed by atoms with Gasteiger partial charge in [0.05, 0.1) is 18.8 Å². The minimum absolute atomic E-state index is 0.454. The van der Waals surface area contributed by atoms with Gasteiger partial charge >= 0.3 is 0 Å². The van der Waals surface area contributed by atoms with Crippen molar-refractivity contribution in [3.05, 3.63) is 11.7 Å². The molecule has 1 aliphatic heterocycles. The molecule has 2 atom stereocenters. The lowest BCUT2D eigenvalue weighted by atomic mass is 10.1. The maximum Gasteiger partial charge on any atom is 0.226 e. The Kier molecular flexibility index (Phi) is 3.76. The summed E-state index contributed by atoms with van der Waals surface area (Å²) < 4.78 is 5.13. The highest BCUT2D eigenvalue weighted by molar-refractivity contribution is 4.91. The standard InChI is InChI=1S/C11H19N3O3/c1-7(2)3-11-12-10(13-17-11)6-14-4-8(15)9(16)5-14/h7-9,15-16H,3-6H2,1-2H3. The lowest BCUT2D eigenvalue weighted by molar-refractivity contribution is 0.0572. The van der Waals surface area contributed by atoms with Crippen LogP contribution in [0.2, 0.25) is 0 Å². The van der Waals surface area contributed by atoms with E-state index in [1.807, 2.05) is 4.90 Å². The van der Waals surface area contributed by atoms with E-state index in [4.69, 9.17) is 4.52 Å². The topological polar surface area (TPSA) is 82.6 Å². The Morgan fingerprint density at radius 3 is 2.59 bits per heavy atom. The van der Waals surface area contributed by atoms with Gasteiger partial charge < -0.3 is 14.7 Å². The predicted octanol–water partition coefficient (Wildman–Crippen LogP) is -0.195. The molecular weight excluding hydrogens is 222 g/mol. The van der Waals surface area contributed by atoms with E-state index in [0.717, 1.165) is 6.42 Å². The molecule has 1 saturated heterocycles. The van der Waals surface area contributed by atoms with E-state index >= 15 is 0 Å². The smallest absolute Gasteiger partial charge is 0.226 e. The number of rotatable bonds is 4. The average molecular weight is 241 g/mol. The quantitative estimate of drug-likeness (QED) is 0.760. The monoisotopic (exact) mass is 241 g/mol. The summed E-state index contributed by atoms with van der Waals surface area (Å²) >= 11 is 0. The Bertz CT molecular complexity index is 357. The van der Waals surface area contributed by atoms with Gasteiger partial charge in [-0.3, -0.25) is 4.90 Å². The second-order valence-corrected chi connectivity index (χ2v) is 5.03. The maximum atomic E-state index is 9.41. The summed E-state index contributed by atoms with van der Waals surface area (Å²) in [7, 11) is 0. The van der Waals surface area contributed by atoms with Crippen molar-refractivity contribution in [3.63, 3.8) is 0 Å². The second kappa shape index (κ2) is 5.12. The average Bonchev–Trinajstić information content (AvgIpc) is 2.75. The molecule has 6 heteroatoms. The zero-order chi connectivity index (χ0) is 12.4. The fraction of sp³-hybridized carbons (Fsp3) is 0.818. The fourth-order valence-electron chi connectivity index (χ4n) is 1.96. The molecule has 1 aliphatic rings. The van der Waals surface area contributed by atoms with Gasteiger partial charge in [-0.05, 0) is 5.92 Å². The van der Waals surface area contributed by atoms with Gasteiger partial charge in [-0.25, -0.2) is 0 Å². The summed E-state index contributed by atoms with van der Waals surface area (Å²) in [5.41, 5.74) is 0. The van der Waals surface area contributed by atoms with Crippen molar-refractivity contribution in [2.45, 2.75) is 39.0 Å². The largest absolute Gasteiger partial charge is 0.389 e. The summed E-state index contributed by atoms with van der Waals surface area (Å²) in [4.78, 5) is 6.20. The van der Waals surface area contributed by atoms with E-state index in [9.17, 15) is 10.2 Å². The van der Waals surface area contributed by atoms with Crippen LogP contribution in [-0.2, 0) is 13.0 Å². The third kappa shape index (κ3) is 3.24. The van der Waals surface area contributed by atoms with Crippen LogP contribution >= 0.6 is 0 Å². The molecule has 2 rings (SSSR count). The van der Waals surface area contributed by atoms with Gasteiger partial charge in [-0.2, -0.15) is 4.98 Å². The summed E-state index contributed by atoms with van der Waals surface area (Å²) in [5.74, 6) is 1.75. The SMILES string of the molecule is CC(C)Cc1nc(CN2CC(O)C(O)C2)no1. The Morgan fingerprint density at radius 1 is 1.35 bits per heavy atom.